The zero-order valence-corrected chi connectivity index (χ0v) is 29.4. The largest absolute Gasteiger partial charge is 0.452 e. The van der Waals surface area contributed by atoms with Gasteiger partial charge in [0.05, 0.1) is 27.6 Å². The summed E-state index contributed by atoms with van der Waals surface area (Å²) in [6, 6.07) is 60.5. The van der Waals surface area contributed by atoms with E-state index in [0.29, 0.717) is 11.5 Å². The molecule has 254 valence electrons. The minimum atomic E-state index is 0.609. The topological polar surface area (TPSA) is 48.3 Å². The molecule has 5 aromatic heterocycles. The van der Waals surface area contributed by atoms with Crippen LogP contribution in [-0.2, 0) is 0 Å². The van der Waals surface area contributed by atoms with E-state index in [1.807, 2.05) is 24.3 Å². The summed E-state index contributed by atoms with van der Waals surface area (Å²) in [7, 11) is 0. The third kappa shape index (κ3) is 3.86. The number of para-hydroxylation sites is 3. The summed E-state index contributed by atoms with van der Waals surface area (Å²) in [5, 5.41) is 10.7. The third-order valence-electron chi connectivity index (χ3n) is 11.6. The molecule has 0 aliphatic carbocycles. The Balaban J connectivity index is 1.21. The second kappa shape index (κ2) is 10.6. The van der Waals surface area contributed by atoms with Crippen LogP contribution in [0.2, 0.25) is 0 Å². The molecule has 0 fully saturated rings. The van der Waals surface area contributed by atoms with Gasteiger partial charge in [-0.05, 0) is 64.4 Å². The van der Waals surface area contributed by atoms with Crippen molar-refractivity contribution in [3.63, 3.8) is 0 Å². The average Bonchev–Trinajstić information content (AvgIpc) is 3.98. The Morgan fingerprint density at radius 2 is 1.05 bits per heavy atom. The fraction of sp³-hybridized carbons (Fsp3) is 0. The Morgan fingerprint density at radius 3 is 1.87 bits per heavy atom. The Bertz CT molecular complexity index is 3700. The number of rotatable bonds is 3. The van der Waals surface area contributed by atoms with Gasteiger partial charge in [0.25, 0.3) is 0 Å². The van der Waals surface area contributed by atoms with Gasteiger partial charge in [0, 0.05) is 43.3 Å². The molecule has 0 bridgehead atoms. The van der Waals surface area contributed by atoms with E-state index in [-0.39, 0.29) is 0 Å². The van der Waals surface area contributed by atoms with Gasteiger partial charge in [0.15, 0.2) is 5.58 Å². The lowest BCUT2D eigenvalue weighted by Crippen LogP contribution is -2.03. The molecule has 0 atom stereocenters. The van der Waals surface area contributed by atoms with Crippen molar-refractivity contribution in [1.29, 1.82) is 0 Å². The Morgan fingerprint density at radius 1 is 0.418 bits per heavy atom. The van der Waals surface area contributed by atoms with Crippen LogP contribution in [0.3, 0.4) is 0 Å². The first kappa shape index (κ1) is 29.0. The molecule has 0 spiro atoms. The van der Waals surface area contributed by atoms with Crippen molar-refractivity contribution < 1.29 is 4.42 Å². The molecule has 5 nitrogen and oxygen atoms in total. The lowest BCUT2D eigenvalue weighted by molar-refractivity contribution is 0.666. The molecule has 55 heavy (non-hydrogen) atoms. The van der Waals surface area contributed by atoms with E-state index in [4.69, 9.17) is 14.4 Å². The van der Waals surface area contributed by atoms with Crippen LogP contribution in [0.25, 0.3) is 121 Å². The molecule has 0 saturated heterocycles. The number of nitrogens with zero attached hydrogens (tertiary/aromatic N) is 4. The van der Waals surface area contributed by atoms with E-state index in [1.165, 1.54) is 65.2 Å². The van der Waals surface area contributed by atoms with Crippen molar-refractivity contribution in [1.82, 2.24) is 18.9 Å². The molecular formula is C50H28N4O. The third-order valence-corrected chi connectivity index (χ3v) is 11.6. The molecule has 0 amide bonds. The van der Waals surface area contributed by atoms with Crippen LogP contribution in [0.1, 0.15) is 0 Å². The van der Waals surface area contributed by atoms with Crippen LogP contribution < -0.4 is 0 Å². The van der Waals surface area contributed by atoms with Gasteiger partial charge in [-0.15, -0.1) is 0 Å². The average molecular weight is 701 g/mol. The maximum absolute atomic E-state index is 6.60. The molecule has 13 aromatic rings. The number of hydrogen-bond acceptors (Lipinski definition) is 3. The number of benzene rings is 8. The second-order valence-electron chi connectivity index (χ2n) is 14.6. The van der Waals surface area contributed by atoms with Gasteiger partial charge in [-0.1, -0.05) is 127 Å². The Hall–Kier alpha value is -7.50. The molecule has 0 aliphatic rings. The van der Waals surface area contributed by atoms with Crippen LogP contribution in [0.5, 0.6) is 0 Å². The fourth-order valence-corrected chi connectivity index (χ4v) is 9.24. The molecule has 13 rings (SSSR count). The van der Waals surface area contributed by atoms with Gasteiger partial charge in [-0.25, -0.2) is 9.97 Å². The summed E-state index contributed by atoms with van der Waals surface area (Å²) in [6.07, 6.45) is 0. The summed E-state index contributed by atoms with van der Waals surface area (Å²) in [5.41, 5.74) is 12.1. The van der Waals surface area contributed by atoms with E-state index in [2.05, 4.69) is 155 Å². The zero-order chi connectivity index (χ0) is 35.8. The van der Waals surface area contributed by atoms with Crippen LogP contribution in [-0.4, -0.2) is 18.9 Å². The highest BCUT2D eigenvalue weighted by Crippen LogP contribution is 2.47. The minimum Gasteiger partial charge on any atom is -0.452 e. The van der Waals surface area contributed by atoms with E-state index in [0.717, 1.165) is 44.3 Å². The quantitative estimate of drug-likeness (QED) is 0.184. The summed E-state index contributed by atoms with van der Waals surface area (Å²) in [5.74, 6) is 0.609. The first-order chi connectivity index (χ1) is 27.3. The Kier molecular flexibility index (Phi) is 5.57. The van der Waals surface area contributed by atoms with Gasteiger partial charge < -0.3 is 8.82 Å². The van der Waals surface area contributed by atoms with Crippen LogP contribution in [0.4, 0.5) is 0 Å². The maximum atomic E-state index is 6.60. The van der Waals surface area contributed by atoms with E-state index >= 15 is 0 Å². The predicted molar refractivity (Wildman–Crippen MR) is 227 cm³/mol. The van der Waals surface area contributed by atoms with E-state index < -0.39 is 0 Å². The SMILES string of the molecule is c1ccc(-c2ccc(-c3nc(-n4c5cc6ccccc6cc5c5c6c7ccccc7n7c8ccccc8c(cc54)c67)nc4c3oc3ccccc34)cc2)cc1. The van der Waals surface area contributed by atoms with Crippen molar-refractivity contribution in [3.05, 3.63) is 170 Å². The summed E-state index contributed by atoms with van der Waals surface area (Å²) < 4.78 is 11.3. The van der Waals surface area contributed by atoms with Gasteiger partial charge in [-0.2, -0.15) is 0 Å². The molecule has 0 radical (unpaired) electrons. The van der Waals surface area contributed by atoms with Crippen molar-refractivity contribution in [3.8, 4) is 28.3 Å². The minimum absolute atomic E-state index is 0.609. The summed E-state index contributed by atoms with van der Waals surface area (Å²) >= 11 is 0. The van der Waals surface area contributed by atoms with Crippen molar-refractivity contribution in [2.24, 2.45) is 0 Å². The lowest BCUT2D eigenvalue weighted by atomic mass is 10.0. The Labute approximate surface area is 313 Å². The predicted octanol–water partition coefficient (Wildman–Crippen LogP) is 13.1. The molecular weight excluding hydrogens is 673 g/mol. The first-order valence-corrected chi connectivity index (χ1v) is 18.7. The number of furan rings is 1. The van der Waals surface area contributed by atoms with Gasteiger partial charge in [-0.3, -0.25) is 4.57 Å². The summed E-state index contributed by atoms with van der Waals surface area (Å²) in [6.45, 7) is 0. The molecule has 5 heterocycles. The number of hydrogen-bond donors (Lipinski definition) is 0. The van der Waals surface area contributed by atoms with Gasteiger partial charge in [0.1, 0.15) is 16.8 Å². The van der Waals surface area contributed by atoms with Gasteiger partial charge in [0.2, 0.25) is 5.95 Å². The molecule has 0 unspecified atom stereocenters. The molecule has 0 aliphatic heterocycles. The molecule has 8 aromatic carbocycles. The van der Waals surface area contributed by atoms with Crippen molar-refractivity contribution in [2.75, 3.05) is 0 Å². The van der Waals surface area contributed by atoms with E-state index in [1.54, 1.807) is 0 Å². The highest BCUT2D eigenvalue weighted by molar-refractivity contribution is 6.36. The monoisotopic (exact) mass is 700 g/mol. The van der Waals surface area contributed by atoms with Crippen molar-refractivity contribution in [2.45, 2.75) is 0 Å². The molecule has 0 saturated carbocycles. The highest BCUT2D eigenvalue weighted by atomic mass is 16.3. The lowest BCUT2D eigenvalue weighted by Gasteiger charge is -2.11. The standard InChI is InChI=1S/C50H28N4O/c1-2-12-29(13-3-1)30-22-24-31(25-23-30)46-49-47(36-18-8-11-21-43(36)55-49)52-50(51-46)54-41-27-33-15-5-4-14-32(33)26-38(41)44-42(54)28-37-34-16-6-9-19-39(34)53-40-20-10-7-17-35(40)45(44)48(37)53/h1-28H. The number of aromatic nitrogens is 4. The smallest absolute Gasteiger partial charge is 0.236 e. The highest BCUT2D eigenvalue weighted by Gasteiger charge is 2.26. The maximum Gasteiger partial charge on any atom is 0.236 e. The summed E-state index contributed by atoms with van der Waals surface area (Å²) in [4.78, 5) is 10.9. The van der Waals surface area contributed by atoms with Crippen molar-refractivity contribution >= 4 is 92.7 Å². The normalized spacial score (nSPS) is 12.4. The second-order valence-corrected chi connectivity index (χ2v) is 14.6. The number of fused-ring (bicyclic) bond motifs is 14. The fourth-order valence-electron chi connectivity index (χ4n) is 9.24. The van der Waals surface area contributed by atoms with Gasteiger partial charge >= 0.3 is 0 Å². The van der Waals surface area contributed by atoms with Crippen LogP contribution in [0.15, 0.2) is 174 Å². The van der Waals surface area contributed by atoms with Crippen LogP contribution in [0, 0.1) is 0 Å². The van der Waals surface area contributed by atoms with Crippen LogP contribution >= 0.6 is 0 Å². The molecule has 0 N–H and O–H groups in total. The van der Waals surface area contributed by atoms with E-state index in [9.17, 15) is 0 Å². The molecule has 5 heteroatoms. The zero-order valence-electron chi connectivity index (χ0n) is 29.4. The first-order valence-electron chi connectivity index (χ1n) is 18.7.